The molecule has 0 atom stereocenters. The van der Waals surface area contributed by atoms with Gasteiger partial charge in [0.15, 0.2) is 11.5 Å². The number of benzene rings is 1. The Labute approximate surface area is 147 Å². The lowest BCUT2D eigenvalue weighted by atomic mass is 9.69. The van der Waals surface area contributed by atoms with Crippen LogP contribution < -0.4 is 9.47 Å². The maximum absolute atomic E-state index is 5.93. The van der Waals surface area contributed by atoms with Gasteiger partial charge in [-0.1, -0.05) is 39.3 Å². The van der Waals surface area contributed by atoms with Gasteiger partial charge in [-0.25, -0.2) is 0 Å². The van der Waals surface area contributed by atoms with E-state index in [9.17, 15) is 0 Å². The average molecular weight is 328 g/mol. The van der Waals surface area contributed by atoms with Crippen LogP contribution in [-0.4, -0.2) is 7.11 Å². The number of rotatable bonds is 7. The SMILES string of the molecule is C=CCc1ccc(OC=C2CCC(C(C)(C)CC)CC2)c(OC)c1. The maximum Gasteiger partial charge on any atom is 0.168 e. The summed E-state index contributed by atoms with van der Waals surface area (Å²) in [6.45, 7) is 10.9. The minimum Gasteiger partial charge on any atom is -0.493 e. The molecule has 24 heavy (non-hydrogen) atoms. The van der Waals surface area contributed by atoms with Crippen LogP contribution in [-0.2, 0) is 6.42 Å². The van der Waals surface area contributed by atoms with Crippen molar-refractivity contribution in [2.24, 2.45) is 11.3 Å². The van der Waals surface area contributed by atoms with Crippen molar-refractivity contribution in [3.05, 3.63) is 48.3 Å². The summed E-state index contributed by atoms with van der Waals surface area (Å²) in [4.78, 5) is 0. The first kappa shape index (κ1) is 18.6. The molecular weight excluding hydrogens is 296 g/mol. The van der Waals surface area contributed by atoms with E-state index in [1.165, 1.54) is 30.4 Å². The summed E-state index contributed by atoms with van der Waals surface area (Å²) in [5, 5.41) is 0. The molecule has 2 nitrogen and oxygen atoms in total. The summed E-state index contributed by atoms with van der Waals surface area (Å²) in [6, 6.07) is 6.08. The normalized spacial score (nSPS) is 18.2. The van der Waals surface area contributed by atoms with Gasteiger partial charge in [0.1, 0.15) is 0 Å². The fourth-order valence-electron chi connectivity index (χ4n) is 3.43. The average Bonchev–Trinajstić information content (AvgIpc) is 2.61. The molecule has 0 aromatic heterocycles. The zero-order valence-electron chi connectivity index (χ0n) is 15.7. The van der Waals surface area contributed by atoms with E-state index in [0.29, 0.717) is 5.41 Å². The molecule has 0 amide bonds. The van der Waals surface area contributed by atoms with E-state index in [2.05, 4.69) is 33.4 Å². The highest BCUT2D eigenvalue weighted by atomic mass is 16.5. The molecule has 1 fully saturated rings. The van der Waals surface area contributed by atoms with Gasteiger partial charge in [-0.05, 0) is 66.7 Å². The van der Waals surface area contributed by atoms with Gasteiger partial charge in [0, 0.05) is 0 Å². The molecule has 0 unspecified atom stereocenters. The fourth-order valence-corrected chi connectivity index (χ4v) is 3.43. The number of ether oxygens (including phenoxy) is 2. The highest BCUT2D eigenvalue weighted by Crippen LogP contribution is 2.42. The van der Waals surface area contributed by atoms with Gasteiger partial charge in [0.25, 0.3) is 0 Å². The van der Waals surface area contributed by atoms with Gasteiger partial charge in [-0.15, -0.1) is 6.58 Å². The molecule has 2 heteroatoms. The Morgan fingerprint density at radius 2 is 1.92 bits per heavy atom. The van der Waals surface area contributed by atoms with Crippen LogP contribution in [0.25, 0.3) is 0 Å². The second-order valence-corrected chi connectivity index (χ2v) is 7.49. The van der Waals surface area contributed by atoms with E-state index >= 15 is 0 Å². The van der Waals surface area contributed by atoms with Gasteiger partial charge in [-0.3, -0.25) is 0 Å². The zero-order chi connectivity index (χ0) is 17.6. The Balaban J connectivity index is 1.98. The number of methoxy groups -OCH3 is 1. The Bertz CT molecular complexity index is 574. The van der Waals surface area contributed by atoms with Crippen LogP contribution in [0.2, 0.25) is 0 Å². The van der Waals surface area contributed by atoms with Gasteiger partial charge in [0.05, 0.1) is 13.4 Å². The number of allylic oxidation sites excluding steroid dienone is 2. The molecule has 0 radical (unpaired) electrons. The molecule has 1 aromatic carbocycles. The minimum atomic E-state index is 0.455. The quantitative estimate of drug-likeness (QED) is 0.431. The highest BCUT2D eigenvalue weighted by Gasteiger charge is 2.30. The standard InChI is InChI=1S/C22H32O2/c1-6-8-17-11-14-20(21(15-17)23-5)24-16-18-9-12-19(13-10-18)22(3,4)7-2/h6,11,14-16,19H,1,7-10,12-13H2,2-5H3. The Hall–Kier alpha value is -1.70. The smallest absolute Gasteiger partial charge is 0.168 e. The first-order chi connectivity index (χ1) is 11.5. The van der Waals surface area contributed by atoms with Crippen LogP contribution in [0.5, 0.6) is 11.5 Å². The van der Waals surface area contributed by atoms with Crippen molar-refractivity contribution in [2.45, 2.75) is 59.3 Å². The second kappa shape index (κ2) is 8.41. The number of hydrogen-bond acceptors (Lipinski definition) is 2. The third-order valence-corrected chi connectivity index (χ3v) is 5.60. The van der Waals surface area contributed by atoms with E-state index in [4.69, 9.17) is 9.47 Å². The molecule has 0 bridgehead atoms. The molecule has 0 heterocycles. The first-order valence-corrected chi connectivity index (χ1v) is 9.12. The molecule has 0 N–H and O–H groups in total. The lowest BCUT2D eigenvalue weighted by Gasteiger charge is -2.37. The van der Waals surface area contributed by atoms with E-state index in [-0.39, 0.29) is 0 Å². The molecule has 0 spiro atoms. The van der Waals surface area contributed by atoms with Crippen molar-refractivity contribution < 1.29 is 9.47 Å². The van der Waals surface area contributed by atoms with E-state index in [0.717, 1.165) is 36.7 Å². The molecule has 132 valence electrons. The molecule has 1 saturated carbocycles. The van der Waals surface area contributed by atoms with Crippen molar-refractivity contribution in [1.82, 2.24) is 0 Å². The Morgan fingerprint density at radius 3 is 2.50 bits per heavy atom. The molecule has 1 aromatic rings. The Kier molecular flexibility index (Phi) is 6.53. The second-order valence-electron chi connectivity index (χ2n) is 7.49. The highest BCUT2D eigenvalue weighted by molar-refractivity contribution is 5.44. The predicted molar refractivity (Wildman–Crippen MR) is 102 cm³/mol. The van der Waals surface area contributed by atoms with Crippen LogP contribution in [0.3, 0.4) is 0 Å². The summed E-state index contributed by atoms with van der Waals surface area (Å²) in [5.74, 6) is 2.40. The largest absolute Gasteiger partial charge is 0.493 e. The monoisotopic (exact) mass is 328 g/mol. The molecule has 2 rings (SSSR count). The fraction of sp³-hybridized carbons (Fsp3) is 0.545. The lowest BCUT2D eigenvalue weighted by molar-refractivity contribution is 0.166. The van der Waals surface area contributed by atoms with Crippen molar-refractivity contribution in [2.75, 3.05) is 7.11 Å². The summed E-state index contributed by atoms with van der Waals surface area (Å²) in [7, 11) is 1.69. The summed E-state index contributed by atoms with van der Waals surface area (Å²) < 4.78 is 11.4. The third-order valence-electron chi connectivity index (χ3n) is 5.60. The van der Waals surface area contributed by atoms with E-state index in [1.807, 2.05) is 24.5 Å². The van der Waals surface area contributed by atoms with E-state index in [1.54, 1.807) is 7.11 Å². The van der Waals surface area contributed by atoms with Crippen molar-refractivity contribution in [1.29, 1.82) is 0 Å². The summed E-state index contributed by atoms with van der Waals surface area (Å²) >= 11 is 0. The summed E-state index contributed by atoms with van der Waals surface area (Å²) in [5.41, 5.74) is 3.05. The summed E-state index contributed by atoms with van der Waals surface area (Å²) in [6.07, 6.45) is 10.8. The van der Waals surface area contributed by atoms with E-state index < -0.39 is 0 Å². The van der Waals surface area contributed by atoms with Gasteiger partial charge in [-0.2, -0.15) is 0 Å². The first-order valence-electron chi connectivity index (χ1n) is 9.12. The Morgan fingerprint density at radius 1 is 1.21 bits per heavy atom. The lowest BCUT2D eigenvalue weighted by Crippen LogP contribution is -2.25. The van der Waals surface area contributed by atoms with Gasteiger partial charge < -0.3 is 9.47 Å². The van der Waals surface area contributed by atoms with Gasteiger partial charge in [0.2, 0.25) is 0 Å². The molecule has 1 aliphatic rings. The molecule has 1 aliphatic carbocycles. The maximum atomic E-state index is 5.93. The molecular formula is C22H32O2. The number of hydrogen-bond donors (Lipinski definition) is 0. The minimum absolute atomic E-state index is 0.455. The predicted octanol–water partition coefficient (Wildman–Crippen LogP) is 6.31. The zero-order valence-corrected chi connectivity index (χ0v) is 15.7. The van der Waals surface area contributed by atoms with Crippen LogP contribution in [0.1, 0.15) is 58.4 Å². The van der Waals surface area contributed by atoms with Crippen LogP contribution in [0, 0.1) is 11.3 Å². The topological polar surface area (TPSA) is 18.5 Å². The molecule has 0 saturated heterocycles. The van der Waals surface area contributed by atoms with Crippen LogP contribution in [0.15, 0.2) is 42.7 Å². The van der Waals surface area contributed by atoms with Crippen LogP contribution >= 0.6 is 0 Å². The van der Waals surface area contributed by atoms with Gasteiger partial charge >= 0.3 is 0 Å². The molecule has 0 aliphatic heterocycles. The van der Waals surface area contributed by atoms with Crippen LogP contribution in [0.4, 0.5) is 0 Å². The van der Waals surface area contributed by atoms with Crippen molar-refractivity contribution in [3.63, 3.8) is 0 Å². The van der Waals surface area contributed by atoms with Crippen molar-refractivity contribution >= 4 is 0 Å². The third kappa shape index (κ3) is 4.66. The van der Waals surface area contributed by atoms with Crippen molar-refractivity contribution in [3.8, 4) is 11.5 Å².